The van der Waals surface area contributed by atoms with Gasteiger partial charge in [-0.15, -0.1) is 5.10 Å². The molecule has 3 rings (SSSR count). The summed E-state index contributed by atoms with van der Waals surface area (Å²) in [5, 5.41) is 11.8. The van der Waals surface area contributed by atoms with Crippen LogP contribution in [-0.4, -0.2) is 19.2 Å². The van der Waals surface area contributed by atoms with Crippen molar-refractivity contribution in [2.24, 2.45) is 0 Å². The summed E-state index contributed by atoms with van der Waals surface area (Å²) >= 11 is 8.33. The highest BCUT2D eigenvalue weighted by Gasteiger charge is 2.17. The lowest BCUT2D eigenvalue weighted by Crippen LogP contribution is -2.12. The largest absolute Gasteiger partial charge is 0.299 e. The van der Waals surface area contributed by atoms with E-state index in [1.807, 2.05) is 31.2 Å². The highest BCUT2D eigenvalue weighted by Crippen LogP contribution is 2.28. The van der Waals surface area contributed by atoms with Crippen LogP contribution in [0.1, 0.15) is 37.7 Å². The molecule has 5 nitrogen and oxygen atoms in total. The zero-order chi connectivity index (χ0) is 21.9. The maximum Gasteiger partial charge on any atom is 0.159 e. The molecule has 2 aromatic carbocycles. The molecule has 9 heteroatoms. The molecule has 1 unspecified atom stereocenters. The molecule has 1 aromatic heterocycles. The summed E-state index contributed by atoms with van der Waals surface area (Å²) in [7, 11) is -0.0692. The lowest BCUT2D eigenvalue weighted by atomic mass is 9.87. The van der Waals surface area contributed by atoms with Gasteiger partial charge in [-0.25, -0.2) is 8.89 Å². The lowest BCUT2D eigenvalue weighted by molar-refractivity contribution is 0.589. The smallest absolute Gasteiger partial charge is 0.159 e. The van der Waals surface area contributed by atoms with Crippen LogP contribution in [0.2, 0.25) is 5.02 Å². The fourth-order valence-electron chi connectivity index (χ4n) is 2.74. The third-order valence-corrected chi connectivity index (χ3v) is 6.61. The van der Waals surface area contributed by atoms with E-state index in [2.05, 4.69) is 68.2 Å². The van der Waals surface area contributed by atoms with Crippen molar-refractivity contribution in [2.45, 2.75) is 38.0 Å². The molecular weight excluding hydrogens is 551 g/mol. The van der Waals surface area contributed by atoms with Gasteiger partial charge in [0.1, 0.15) is 11.0 Å². The van der Waals surface area contributed by atoms with Gasteiger partial charge in [0, 0.05) is 26.2 Å². The Labute approximate surface area is 200 Å². The van der Waals surface area contributed by atoms with E-state index in [4.69, 9.17) is 11.6 Å². The number of hydrogen-bond donors (Lipinski definition) is 1. The minimum atomic E-state index is -1.45. The van der Waals surface area contributed by atoms with Crippen molar-refractivity contribution in [3.63, 3.8) is 0 Å². The maximum atomic E-state index is 13.0. The van der Waals surface area contributed by atoms with Gasteiger partial charge in [-0.1, -0.05) is 49.7 Å². The van der Waals surface area contributed by atoms with Crippen LogP contribution in [0.25, 0.3) is 5.69 Å². The van der Waals surface area contributed by atoms with Crippen LogP contribution in [0.5, 0.6) is 0 Å². The molecule has 1 N–H and O–H groups in total. The molecule has 0 radical (unpaired) electrons. The van der Waals surface area contributed by atoms with Crippen molar-refractivity contribution in [1.29, 1.82) is 0 Å². The Kier molecular flexibility index (Phi) is 7.50. The van der Waals surface area contributed by atoms with Gasteiger partial charge in [0.25, 0.3) is 0 Å². The first-order valence-corrected chi connectivity index (χ1v) is 13.9. The highest BCUT2D eigenvalue weighted by molar-refractivity contribution is 14.2. The monoisotopic (exact) mass is 570 g/mol. The third-order valence-electron chi connectivity index (χ3n) is 4.43. The second kappa shape index (κ2) is 9.73. The number of hydrogen-bond acceptors (Lipinski definition) is 4. The molecule has 0 aliphatic heterocycles. The van der Waals surface area contributed by atoms with Crippen LogP contribution in [0.15, 0.2) is 47.4 Å². The Morgan fingerprint density at radius 3 is 2.53 bits per heavy atom. The van der Waals surface area contributed by atoms with Gasteiger partial charge in [0.15, 0.2) is 5.69 Å². The standard InChI is InChI=1S/C21H20ClIN4OS2/c1-14-18(11-12-29-23)24-26-27(14)20-13-16(22)7-10-19(20)25-30(28)17-8-5-15(6-9-17)21(2,3)4/h5-10,13,25H,1-4H3. The average Bonchev–Trinajstić information content (AvgIpc) is 3.07. The number of nitrogens with one attached hydrogen (secondary N) is 1. The third kappa shape index (κ3) is 5.38. The Morgan fingerprint density at radius 1 is 1.20 bits per heavy atom. The topological polar surface area (TPSA) is 59.8 Å². The van der Waals surface area contributed by atoms with Crippen LogP contribution in [0.4, 0.5) is 5.69 Å². The summed E-state index contributed by atoms with van der Waals surface area (Å²) in [6.45, 7) is 8.33. The molecule has 1 heterocycles. The zero-order valence-corrected chi connectivity index (χ0v) is 21.4. The van der Waals surface area contributed by atoms with E-state index < -0.39 is 11.0 Å². The summed E-state index contributed by atoms with van der Waals surface area (Å²) < 4.78 is 17.7. The van der Waals surface area contributed by atoms with E-state index in [9.17, 15) is 4.21 Å². The van der Waals surface area contributed by atoms with Crippen molar-refractivity contribution in [2.75, 3.05) is 4.72 Å². The summed E-state index contributed by atoms with van der Waals surface area (Å²) in [6.07, 6.45) is 0. The fraction of sp³-hybridized carbons (Fsp3) is 0.238. The van der Waals surface area contributed by atoms with Crippen LogP contribution in [-0.2, 0) is 16.4 Å². The van der Waals surface area contributed by atoms with Crippen LogP contribution in [0.3, 0.4) is 0 Å². The Morgan fingerprint density at radius 2 is 1.90 bits per heavy atom. The molecule has 30 heavy (non-hydrogen) atoms. The summed E-state index contributed by atoms with van der Waals surface area (Å²) in [6, 6.07) is 13.1. The highest BCUT2D eigenvalue weighted by atomic mass is 127. The zero-order valence-electron chi connectivity index (χ0n) is 16.9. The molecule has 0 saturated heterocycles. The molecular formula is C21H20ClIN4OS2. The van der Waals surface area contributed by atoms with Gasteiger partial charge in [0.05, 0.1) is 22.0 Å². The van der Waals surface area contributed by atoms with Crippen molar-refractivity contribution < 1.29 is 4.21 Å². The van der Waals surface area contributed by atoms with E-state index in [-0.39, 0.29) is 5.41 Å². The van der Waals surface area contributed by atoms with Crippen molar-refractivity contribution in [3.8, 4) is 16.9 Å². The van der Waals surface area contributed by atoms with E-state index in [0.717, 1.165) is 5.69 Å². The summed E-state index contributed by atoms with van der Waals surface area (Å²) in [4.78, 5) is 0.685. The van der Waals surface area contributed by atoms with E-state index in [0.29, 0.717) is 27.0 Å². The van der Waals surface area contributed by atoms with Gasteiger partial charge < -0.3 is 0 Å². The Hall–Kier alpha value is -1.54. The number of benzene rings is 2. The summed E-state index contributed by atoms with van der Waals surface area (Å²) in [5.74, 6) is 2.97. The first kappa shape index (κ1) is 23.1. The normalized spacial score (nSPS) is 12.2. The molecule has 0 aliphatic rings. The molecule has 0 spiro atoms. The van der Waals surface area contributed by atoms with Gasteiger partial charge in [-0.2, -0.15) is 0 Å². The summed E-state index contributed by atoms with van der Waals surface area (Å²) in [5.41, 5.74) is 3.88. The Balaban J connectivity index is 1.93. The van der Waals surface area contributed by atoms with Gasteiger partial charge in [-0.05, 0) is 68.3 Å². The fourth-order valence-corrected chi connectivity index (χ4v) is 4.25. The van der Waals surface area contributed by atoms with E-state index >= 15 is 0 Å². The SMILES string of the molecule is Cc1c(C#CSI)nnn1-c1cc(Cl)ccc1NS(=O)c1ccc(C(C)(C)C)cc1. The number of rotatable bonds is 4. The average molecular weight is 571 g/mol. The van der Waals surface area contributed by atoms with Crippen LogP contribution < -0.4 is 4.72 Å². The number of nitrogens with zero attached hydrogens (tertiary/aromatic N) is 3. The van der Waals surface area contributed by atoms with Gasteiger partial charge in [-0.3, -0.25) is 4.72 Å². The second-order valence-corrected chi connectivity index (χ2v) is 10.9. The second-order valence-electron chi connectivity index (χ2n) is 7.55. The molecule has 0 saturated carbocycles. The van der Waals surface area contributed by atoms with Crippen LogP contribution >= 0.6 is 41.7 Å². The quantitative estimate of drug-likeness (QED) is 0.306. The molecule has 0 amide bonds. The minimum Gasteiger partial charge on any atom is -0.299 e. The van der Waals surface area contributed by atoms with Crippen molar-refractivity contribution in [1.82, 2.24) is 15.0 Å². The Bertz CT molecular complexity index is 1140. The predicted octanol–water partition coefficient (Wildman–Crippen LogP) is 6.05. The van der Waals surface area contributed by atoms with E-state index in [1.165, 1.54) is 14.5 Å². The number of anilines is 1. The molecule has 1 atom stereocenters. The predicted molar refractivity (Wildman–Crippen MR) is 135 cm³/mol. The maximum absolute atomic E-state index is 13.0. The van der Waals surface area contributed by atoms with Crippen molar-refractivity contribution in [3.05, 3.63) is 64.4 Å². The molecule has 0 aliphatic carbocycles. The lowest BCUT2D eigenvalue weighted by Gasteiger charge is -2.19. The van der Waals surface area contributed by atoms with Crippen LogP contribution in [0, 0.1) is 18.1 Å². The molecule has 0 bridgehead atoms. The number of aromatic nitrogens is 3. The van der Waals surface area contributed by atoms with E-state index in [1.54, 1.807) is 22.9 Å². The van der Waals surface area contributed by atoms with Gasteiger partial charge in [0.2, 0.25) is 0 Å². The molecule has 0 fully saturated rings. The number of halogens is 2. The van der Waals surface area contributed by atoms with Gasteiger partial charge >= 0.3 is 0 Å². The molecule has 3 aromatic rings. The first-order chi connectivity index (χ1) is 14.2. The van der Waals surface area contributed by atoms with Crippen molar-refractivity contribution >= 4 is 58.4 Å². The minimum absolute atomic E-state index is 0.0395. The molecule has 156 valence electrons. The first-order valence-electron chi connectivity index (χ1n) is 9.00.